The Bertz CT molecular complexity index is 564. The van der Waals surface area contributed by atoms with Gasteiger partial charge in [0.25, 0.3) is 5.91 Å². The molecule has 2 bridgehead atoms. The minimum absolute atomic E-state index is 0.000972. The van der Waals surface area contributed by atoms with Gasteiger partial charge >= 0.3 is 0 Å². The minimum atomic E-state index is -0.000972. The number of fused-ring (bicyclic) bond motifs is 2. The molecular formula is C17H25N3O. The van der Waals surface area contributed by atoms with Crippen LogP contribution in [-0.2, 0) is 6.54 Å². The van der Waals surface area contributed by atoms with E-state index < -0.39 is 0 Å². The molecular weight excluding hydrogens is 262 g/mol. The average Bonchev–Trinajstić information content (AvgIpc) is 2.94. The smallest absolute Gasteiger partial charge is 0.251 e. The second-order valence-electron chi connectivity index (χ2n) is 7.56. The SMILES string of the molecule is CC12CCC(C1)C(C)(C)C2NC(=O)c1ccnc(CN)c1. The molecule has 4 nitrogen and oxygen atoms in total. The van der Waals surface area contributed by atoms with E-state index in [9.17, 15) is 4.79 Å². The zero-order valence-electron chi connectivity index (χ0n) is 13.1. The topological polar surface area (TPSA) is 68.0 Å². The van der Waals surface area contributed by atoms with Gasteiger partial charge in [0.1, 0.15) is 0 Å². The van der Waals surface area contributed by atoms with Crippen LogP contribution in [0.2, 0.25) is 0 Å². The van der Waals surface area contributed by atoms with E-state index in [1.165, 1.54) is 19.3 Å². The fourth-order valence-electron chi connectivity index (χ4n) is 4.61. The fourth-order valence-corrected chi connectivity index (χ4v) is 4.61. The first-order valence-electron chi connectivity index (χ1n) is 7.83. The van der Waals surface area contributed by atoms with Gasteiger partial charge in [0.05, 0.1) is 5.69 Å². The Balaban J connectivity index is 1.81. The van der Waals surface area contributed by atoms with E-state index in [4.69, 9.17) is 5.73 Å². The molecule has 4 heteroatoms. The molecule has 0 spiro atoms. The quantitative estimate of drug-likeness (QED) is 0.897. The number of carbonyl (C=O) groups is 1. The van der Waals surface area contributed by atoms with Crippen molar-refractivity contribution in [3.8, 4) is 0 Å². The minimum Gasteiger partial charge on any atom is -0.348 e. The van der Waals surface area contributed by atoms with Crippen molar-refractivity contribution in [2.45, 2.75) is 52.6 Å². The molecule has 2 aliphatic rings. The molecule has 1 amide bonds. The summed E-state index contributed by atoms with van der Waals surface area (Å²) in [5.41, 5.74) is 7.43. The van der Waals surface area contributed by atoms with Gasteiger partial charge in [0, 0.05) is 24.3 Å². The molecule has 2 saturated carbocycles. The molecule has 1 heterocycles. The lowest BCUT2D eigenvalue weighted by Crippen LogP contribution is -2.52. The highest BCUT2D eigenvalue weighted by Gasteiger charge is 2.59. The first-order chi connectivity index (χ1) is 9.87. The lowest BCUT2D eigenvalue weighted by Gasteiger charge is -2.43. The number of nitrogens with one attached hydrogen (secondary N) is 1. The van der Waals surface area contributed by atoms with Crippen LogP contribution in [0.3, 0.4) is 0 Å². The number of hydrogen-bond acceptors (Lipinski definition) is 3. The highest BCUT2D eigenvalue weighted by molar-refractivity contribution is 5.94. The molecule has 2 fully saturated rings. The maximum absolute atomic E-state index is 12.6. The number of carbonyl (C=O) groups excluding carboxylic acids is 1. The third kappa shape index (κ3) is 2.26. The molecule has 1 aromatic rings. The van der Waals surface area contributed by atoms with Crippen LogP contribution in [0.1, 0.15) is 56.1 Å². The van der Waals surface area contributed by atoms with Gasteiger partial charge in [-0.2, -0.15) is 0 Å². The molecule has 0 aliphatic heterocycles. The Morgan fingerprint density at radius 3 is 2.86 bits per heavy atom. The van der Waals surface area contributed by atoms with Crippen LogP contribution in [0.4, 0.5) is 0 Å². The molecule has 0 aromatic carbocycles. The van der Waals surface area contributed by atoms with E-state index in [-0.39, 0.29) is 22.8 Å². The molecule has 3 unspecified atom stereocenters. The van der Waals surface area contributed by atoms with Crippen molar-refractivity contribution >= 4 is 5.91 Å². The molecule has 3 N–H and O–H groups in total. The zero-order chi connectivity index (χ0) is 15.3. The van der Waals surface area contributed by atoms with Gasteiger partial charge in [-0.3, -0.25) is 9.78 Å². The van der Waals surface area contributed by atoms with E-state index >= 15 is 0 Å². The summed E-state index contributed by atoms with van der Waals surface area (Å²) in [5.74, 6) is 0.726. The third-order valence-corrected chi connectivity index (χ3v) is 5.83. The normalized spacial score (nSPS) is 33.1. The first kappa shape index (κ1) is 14.5. The fraction of sp³-hybridized carbons (Fsp3) is 0.647. The highest BCUT2D eigenvalue weighted by atomic mass is 16.1. The standard InChI is InChI=1S/C17H25N3O/c1-16(2)12-4-6-17(3,9-12)15(16)20-14(21)11-5-7-19-13(8-11)10-18/h5,7-8,12,15H,4,6,9-10,18H2,1-3H3,(H,20,21). The summed E-state index contributed by atoms with van der Waals surface area (Å²) in [6.45, 7) is 7.27. The zero-order valence-corrected chi connectivity index (χ0v) is 13.1. The monoisotopic (exact) mass is 287 g/mol. The molecule has 2 aliphatic carbocycles. The predicted molar refractivity (Wildman–Crippen MR) is 82.6 cm³/mol. The summed E-state index contributed by atoms with van der Waals surface area (Å²) in [5, 5.41) is 3.30. The Labute approximate surface area is 126 Å². The number of rotatable bonds is 3. The van der Waals surface area contributed by atoms with Crippen LogP contribution in [0.25, 0.3) is 0 Å². The summed E-state index contributed by atoms with van der Waals surface area (Å²) in [4.78, 5) is 16.7. The van der Waals surface area contributed by atoms with Crippen molar-refractivity contribution in [2.75, 3.05) is 0 Å². The van der Waals surface area contributed by atoms with Crippen molar-refractivity contribution < 1.29 is 4.79 Å². The second-order valence-corrected chi connectivity index (χ2v) is 7.56. The van der Waals surface area contributed by atoms with Crippen LogP contribution < -0.4 is 11.1 Å². The lowest BCUT2D eigenvalue weighted by molar-refractivity contribution is 0.0737. The van der Waals surface area contributed by atoms with E-state index in [1.807, 2.05) is 0 Å². The van der Waals surface area contributed by atoms with Crippen LogP contribution in [0, 0.1) is 16.7 Å². The lowest BCUT2D eigenvalue weighted by atomic mass is 9.68. The molecule has 114 valence electrons. The second kappa shape index (κ2) is 4.80. The van der Waals surface area contributed by atoms with Crippen molar-refractivity contribution in [3.63, 3.8) is 0 Å². The van der Waals surface area contributed by atoms with Crippen molar-refractivity contribution in [1.82, 2.24) is 10.3 Å². The van der Waals surface area contributed by atoms with Gasteiger partial charge in [-0.05, 0) is 48.1 Å². The Morgan fingerprint density at radius 1 is 1.48 bits per heavy atom. The summed E-state index contributed by atoms with van der Waals surface area (Å²) in [6.07, 6.45) is 5.40. The Hall–Kier alpha value is -1.42. The van der Waals surface area contributed by atoms with Crippen LogP contribution in [0.15, 0.2) is 18.3 Å². The van der Waals surface area contributed by atoms with Crippen molar-refractivity contribution in [3.05, 3.63) is 29.6 Å². The molecule has 21 heavy (non-hydrogen) atoms. The van der Waals surface area contributed by atoms with Crippen LogP contribution in [0.5, 0.6) is 0 Å². The predicted octanol–water partition coefficient (Wildman–Crippen LogP) is 2.48. The van der Waals surface area contributed by atoms with Gasteiger partial charge in [0.15, 0.2) is 0 Å². The van der Waals surface area contributed by atoms with E-state index in [1.54, 1.807) is 18.3 Å². The molecule has 3 rings (SSSR count). The maximum atomic E-state index is 12.6. The van der Waals surface area contributed by atoms with Crippen LogP contribution >= 0.6 is 0 Å². The number of hydrogen-bond donors (Lipinski definition) is 2. The van der Waals surface area contributed by atoms with Gasteiger partial charge in [0.2, 0.25) is 0 Å². The third-order valence-electron chi connectivity index (χ3n) is 5.83. The van der Waals surface area contributed by atoms with E-state index in [0.29, 0.717) is 12.1 Å². The number of nitrogens with two attached hydrogens (primary N) is 1. The number of aromatic nitrogens is 1. The largest absolute Gasteiger partial charge is 0.348 e. The van der Waals surface area contributed by atoms with Crippen LogP contribution in [-0.4, -0.2) is 16.9 Å². The summed E-state index contributed by atoms with van der Waals surface area (Å²) >= 11 is 0. The summed E-state index contributed by atoms with van der Waals surface area (Å²) in [7, 11) is 0. The van der Waals surface area contributed by atoms with Gasteiger partial charge in [-0.15, -0.1) is 0 Å². The molecule has 1 aromatic heterocycles. The Morgan fingerprint density at radius 2 is 2.24 bits per heavy atom. The Kier molecular flexibility index (Phi) is 3.32. The van der Waals surface area contributed by atoms with Gasteiger partial charge < -0.3 is 11.1 Å². The average molecular weight is 287 g/mol. The number of nitrogens with zero attached hydrogens (tertiary/aromatic N) is 1. The summed E-state index contributed by atoms with van der Waals surface area (Å²) < 4.78 is 0. The first-order valence-corrected chi connectivity index (χ1v) is 7.83. The molecule has 0 radical (unpaired) electrons. The van der Waals surface area contributed by atoms with Crippen molar-refractivity contribution in [1.29, 1.82) is 0 Å². The number of pyridine rings is 1. The van der Waals surface area contributed by atoms with E-state index in [2.05, 4.69) is 31.1 Å². The highest BCUT2D eigenvalue weighted by Crippen LogP contribution is 2.62. The molecule has 3 atom stereocenters. The van der Waals surface area contributed by atoms with Gasteiger partial charge in [-0.1, -0.05) is 20.8 Å². The molecule has 0 saturated heterocycles. The van der Waals surface area contributed by atoms with Crippen molar-refractivity contribution in [2.24, 2.45) is 22.5 Å². The summed E-state index contributed by atoms with van der Waals surface area (Å²) in [6, 6.07) is 3.79. The maximum Gasteiger partial charge on any atom is 0.251 e. The number of amides is 1. The van der Waals surface area contributed by atoms with Gasteiger partial charge in [-0.25, -0.2) is 0 Å². The van der Waals surface area contributed by atoms with E-state index in [0.717, 1.165) is 11.6 Å².